The summed E-state index contributed by atoms with van der Waals surface area (Å²) < 4.78 is 7.46. The molecule has 0 unspecified atom stereocenters. The van der Waals surface area contributed by atoms with E-state index in [1.54, 1.807) is 22.9 Å². The second-order valence-corrected chi connectivity index (χ2v) is 6.07. The molecule has 2 heterocycles. The normalized spacial score (nSPS) is 10.7. The van der Waals surface area contributed by atoms with E-state index in [9.17, 15) is 4.79 Å². The van der Waals surface area contributed by atoms with Gasteiger partial charge in [0.15, 0.2) is 0 Å². The second-order valence-electron chi connectivity index (χ2n) is 6.07. The number of benzene rings is 1. The Morgan fingerprint density at radius 2 is 1.96 bits per heavy atom. The van der Waals surface area contributed by atoms with Crippen molar-refractivity contribution in [1.82, 2.24) is 25.1 Å². The molecule has 0 radical (unpaired) electrons. The minimum Gasteiger partial charge on any atom is -0.491 e. The lowest BCUT2D eigenvalue weighted by molar-refractivity contribution is 0.0946. The molecule has 0 fully saturated rings. The van der Waals surface area contributed by atoms with Crippen LogP contribution < -0.4 is 10.1 Å². The zero-order chi connectivity index (χ0) is 18.4. The number of carbonyl (C=O) groups excluding carboxylic acids is 1. The Labute approximate surface area is 152 Å². The molecule has 1 amide bonds. The van der Waals surface area contributed by atoms with Crippen LogP contribution in [0.3, 0.4) is 0 Å². The minimum atomic E-state index is -0.178. The van der Waals surface area contributed by atoms with Crippen LogP contribution in [-0.4, -0.2) is 38.8 Å². The topological polar surface area (TPSA) is 81.9 Å². The van der Waals surface area contributed by atoms with Gasteiger partial charge in [0.25, 0.3) is 5.91 Å². The molecule has 7 heteroatoms. The fourth-order valence-corrected chi connectivity index (χ4v) is 2.54. The van der Waals surface area contributed by atoms with Crippen molar-refractivity contribution in [2.24, 2.45) is 0 Å². The Morgan fingerprint density at radius 1 is 1.19 bits per heavy atom. The van der Waals surface area contributed by atoms with Crippen molar-refractivity contribution < 1.29 is 9.53 Å². The van der Waals surface area contributed by atoms with Gasteiger partial charge in [-0.25, -0.2) is 4.98 Å². The van der Waals surface area contributed by atoms with Crippen LogP contribution in [-0.2, 0) is 0 Å². The van der Waals surface area contributed by atoms with E-state index in [0.29, 0.717) is 30.5 Å². The van der Waals surface area contributed by atoms with E-state index in [4.69, 9.17) is 4.74 Å². The number of ether oxygens (including phenoxy) is 1. The van der Waals surface area contributed by atoms with Gasteiger partial charge in [-0.15, -0.1) is 10.2 Å². The fraction of sp³-hybridized carbons (Fsp3) is 0.263. The molecule has 3 rings (SSSR count). The Hall–Kier alpha value is -3.22. The first kappa shape index (κ1) is 17.6. The van der Waals surface area contributed by atoms with Crippen LogP contribution in [0.25, 0.3) is 5.82 Å². The first-order valence-electron chi connectivity index (χ1n) is 8.46. The van der Waals surface area contributed by atoms with Crippen molar-refractivity contribution in [2.75, 3.05) is 13.2 Å². The highest BCUT2D eigenvalue weighted by Gasteiger charge is 2.09. The van der Waals surface area contributed by atoms with Gasteiger partial charge in [0, 0.05) is 11.8 Å². The summed E-state index contributed by atoms with van der Waals surface area (Å²) >= 11 is 0. The zero-order valence-corrected chi connectivity index (χ0v) is 14.8. The molecule has 7 nitrogen and oxygen atoms in total. The molecule has 0 bridgehead atoms. The number of carbonyl (C=O) groups is 1. The lowest BCUT2D eigenvalue weighted by Crippen LogP contribution is -2.28. The molecular weight excluding hydrogens is 330 g/mol. The summed E-state index contributed by atoms with van der Waals surface area (Å²) in [4.78, 5) is 16.5. The fourth-order valence-electron chi connectivity index (χ4n) is 2.54. The molecule has 3 aromatic rings. The summed E-state index contributed by atoms with van der Waals surface area (Å²) in [5.41, 5.74) is 1.68. The average molecular weight is 351 g/mol. The van der Waals surface area contributed by atoms with Gasteiger partial charge in [-0.3, -0.25) is 9.36 Å². The Bertz CT molecular complexity index is 862. The monoisotopic (exact) mass is 351 g/mol. The zero-order valence-electron chi connectivity index (χ0n) is 14.8. The Kier molecular flexibility index (Phi) is 5.58. The molecule has 26 heavy (non-hydrogen) atoms. The number of nitrogens with one attached hydrogen (secondary N) is 1. The summed E-state index contributed by atoms with van der Waals surface area (Å²) in [5.74, 6) is 1.65. The largest absolute Gasteiger partial charge is 0.491 e. The molecule has 0 aliphatic heterocycles. The van der Waals surface area contributed by atoms with Crippen LogP contribution >= 0.6 is 0 Å². The Morgan fingerprint density at radius 3 is 2.73 bits per heavy atom. The third-order valence-electron chi connectivity index (χ3n) is 3.88. The molecule has 2 aromatic heterocycles. The third kappa shape index (κ3) is 4.24. The summed E-state index contributed by atoms with van der Waals surface area (Å²) in [6.07, 6.45) is 4.65. The van der Waals surface area contributed by atoms with Crippen molar-refractivity contribution >= 4 is 5.91 Å². The quantitative estimate of drug-likeness (QED) is 0.662. The van der Waals surface area contributed by atoms with E-state index in [-0.39, 0.29) is 5.91 Å². The van der Waals surface area contributed by atoms with Gasteiger partial charge in [-0.1, -0.05) is 32.0 Å². The van der Waals surface area contributed by atoms with E-state index >= 15 is 0 Å². The number of hydrogen-bond acceptors (Lipinski definition) is 5. The number of amides is 1. The van der Waals surface area contributed by atoms with E-state index in [1.807, 2.05) is 18.2 Å². The molecule has 0 saturated carbocycles. The number of nitrogens with zero attached hydrogens (tertiary/aromatic N) is 4. The highest BCUT2D eigenvalue weighted by Crippen LogP contribution is 2.25. The van der Waals surface area contributed by atoms with Crippen LogP contribution in [0.5, 0.6) is 5.75 Å². The predicted molar refractivity (Wildman–Crippen MR) is 97.5 cm³/mol. The van der Waals surface area contributed by atoms with Gasteiger partial charge in [0.05, 0.1) is 6.54 Å². The number of hydrogen-bond donors (Lipinski definition) is 1. The first-order chi connectivity index (χ1) is 12.6. The van der Waals surface area contributed by atoms with Gasteiger partial charge < -0.3 is 10.1 Å². The molecule has 0 aliphatic rings. The molecule has 0 spiro atoms. The van der Waals surface area contributed by atoms with Crippen molar-refractivity contribution in [3.05, 3.63) is 66.4 Å². The second kappa shape index (κ2) is 8.24. The molecule has 1 aromatic carbocycles. The Balaban J connectivity index is 1.54. The van der Waals surface area contributed by atoms with E-state index < -0.39 is 0 Å². The first-order valence-corrected chi connectivity index (χ1v) is 8.46. The summed E-state index contributed by atoms with van der Waals surface area (Å²) in [6.45, 7) is 5.07. The molecule has 0 aliphatic carbocycles. The number of para-hydroxylation sites is 1. The average Bonchev–Trinajstić information content (AvgIpc) is 3.20. The van der Waals surface area contributed by atoms with E-state index in [2.05, 4.69) is 40.4 Å². The van der Waals surface area contributed by atoms with Crippen molar-refractivity contribution in [1.29, 1.82) is 0 Å². The third-order valence-corrected chi connectivity index (χ3v) is 3.88. The smallest absolute Gasteiger partial charge is 0.251 e. The molecule has 134 valence electrons. The van der Waals surface area contributed by atoms with Crippen molar-refractivity contribution in [3.8, 4) is 11.6 Å². The van der Waals surface area contributed by atoms with Crippen molar-refractivity contribution in [2.45, 2.75) is 19.8 Å². The highest BCUT2D eigenvalue weighted by atomic mass is 16.5. The maximum atomic E-state index is 12.3. The van der Waals surface area contributed by atoms with E-state index in [1.165, 1.54) is 12.7 Å². The van der Waals surface area contributed by atoms with Gasteiger partial charge in [-0.05, 0) is 29.7 Å². The van der Waals surface area contributed by atoms with Gasteiger partial charge in [-0.2, -0.15) is 0 Å². The minimum absolute atomic E-state index is 0.178. The molecular formula is C19H21N5O2. The molecule has 1 N–H and O–H groups in total. The summed E-state index contributed by atoms with van der Waals surface area (Å²) in [5, 5.41) is 10.3. The van der Waals surface area contributed by atoms with Crippen LogP contribution in [0.4, 0.5) is 0 Å². The maximum Gasteiger partial charge on any atom is 0.251 e. The number of aromatic nitrogens is 4. The maximum absolute atomic E-state index is 12.3. The highest BCUT2D eigenvalue weighted by molar-refractivity contribution is 5.94. The molecule has 0 saturated heterocycles. The van der Waals surface area contributed by atoms with Crippen LogP contribution in [0.2, 0.25) is 0 Å². The van der Waals surface area contributed by atoms with E-state index in [0.717, 1.165) is 11.3 Å². The van der Waals surface area contributed by atoms with Crippen LogP contribution in [0.15, 0.2) is 55.2 Å². The van der Waals surface area contributed by atoms with Gasteiger partial charge in [0.1, 0.15) is 30.8 Å². The van der Waals surface area contributed by atoms with Crippen LogP contribution in [0, 0.1) is 0 Å². The standard InChI is InChI=1S/C19H21N5O2/c1-14(2)16-5-3-4-6-17(16)26-10-9-21-19(25)15-7-8-20-18(11-15)24-12-22-23-13-24/h3-8,11-14H,9-10H2,1-2H3,(H,21,25). The summed E-state index contributed by atoms with van der Waals surface area (Å²) in [6, 6.07) is 11.3. The number of rotatable bonds is 7. The van der Waals surface area contributed by atoms with Gasteiger partial charge >= 0.3 is 0 Å². The lowest BCUT2D eigenvalue weighted by Gasteiger charge is -2.14. The SMILES string of the molecule is CC(C)c1ccccc1OCCNC(=O)c1ccnc(-n2cnnc2)c1. The number of pyridine rings is 1. The predicted octanol–water partition coefficient (Wildman–Crippen LogP) is 2.59. The summed E-state index contributed by atoms with van der Waals surface area (Å²) in [7, 11) is 0. The van der Waals surface area contributed by atoms with Gasteiger partial charge in [0.2, 0.25) is 0 Å². The van der Waals surface area contributed by atoms with Crippen LogP contribution in [0.1, 0.15) is 35.7 Å². The van der Waals surface area contributed by atoms with Crippen molar-refractivity contribution in [3.63, 3.8) is 0 Å². The lowest BCUT2D eigenvalue weighted by atomic mass is 10.0. The molecule has 0 atom stereocenters.